The van der Waals surface area contributed by atoms with Crippen molar-refractivity contribution in [3.63, 3.8) is 0 Å². The molecule has 0 aromatic heterocycles. The number of halogens is 3. The second-order valence-electron chi connectivity index (χ2n) is 8.33. The predicted molar refractivity (Wildman–Crippen MR) is 114 cm³/mol. The minimum absolute atomic E-state index is 0.0261. The van der Waals surface area contributed by atoms with E-state index in [0.29, 0.717) is 23.4 Å². The summed E-state index contributed by atoms with van der Waals surface area (Å²) in [5.74, 6) is -1.30. The Morgan fingerprint density at radius 2 is 1.72 bits per heavy atom. The largest absolute Gasteiger partial charge is 0.462 e. The lowest BCUT2D eigenvalue weighted by Gasteiger charge is -2.34. The minimum atomic E-state index is -4.46. The van der Waals surface area contributed by atoms with Gasteiger partial charge in [-0.25, -0.2) is 4.79 Å². The van der Waals surface area contributed by atoms with Crippen molar-refractivity contribution in [1.82, 2.24) is 4.90 Å². The van der Waals surface area contributed by atoms with E-state index in [-0.39, 0.29) is 24.9 Å². The molecule has 0 aliphatic carbocycles. The third-order valence-corrected chi connectivity index (χ3v) is 5.41. The number of hydrogen-bond donors (Lipinski definition) is 0. The number of alkyl halides is 3. The lowest BCUT2D eigenvalue weighted by atomic mass is 9.83. The zero-order chi connectivity index (χ0) is 23.5. The average molecular weight is 445 g/mol. The number of allylic oxidation sites excluding steroid dienone is 1. The number of ether oxygens (including phenoxy) is 1. The van der Waals surface area contributed by atoms with E-state index >= 15 is 0 Å². The molecule has 7 heteroatoms. The number of hydrogen-bond acceptors (Lipinski definition) is 3. The smallest absolute Gasteiger partial charge is 0.416 e. The van der Waals surface area contributed by atoms with Crippen molar-refractivity contribution in [2.45, 2.75) is 45.8 Å². The van der Waals surface area contributed by atoms with Crippen molar-refractivity contribution < 1.29 is 27.5 Å². The Morgan fingerprint density at radius 3 is 2.28 bits per heavy atom. The Bertz CT molecular complexity index is 995. The van der Waals surface area contributed by atoms with Crippen LogP contribution in [0.4, 0.5) is 13.2 Å². The molecule has 2 aromatic carbocycles. The fourth-order valence-corrected chi connectivity index (χ4v) is 3.74. The van der Waals surface area contributed by atoms with E-state index in [1.807, 2.05) is 44.2 Å². The van der Waals surface area contributed by atoms with Crippen LogP contribution in [0.1, 0.15) is 49.8 Å². The van der Waals surface area contributed by atoms with E-state index in [1.165, 1.54) is 12.1 Å². The highest BCUT2D eigenvalue weighted by atomic mass is 19.4. The molecule has 0 fully saturated rings. The number of amides is 1. The quantitative estimate of drug-likeness (QED) is 0.537. The Balaban J connectivity index is 2.00. The Morgan fingerprint density at radius 1 is 1.09 bits per heavy atom. The second kappa shape index (κ2) is 9.59. The third kappa shape index (κ3) is 5.39. The first-order valence-electron chi connectivity index (χ1n) is 10.5. The summed E-state index contributed by atoms with van der Waals surface area (Å²) in [6, 6.07) is 14.0. The molecule has 4 nitrogen and oxygen atoms in total. The van der Waals surface area contributed by atoms with Crippen LogP contribution >= 0.6 is 0 Å². The van der Waals surface area contributed by atoms with Crippen LogP contribution in [0.5, 0.6) is 0 Å². The van der Waals surface area contributed by atoms with Crippen LogP contribution in [0, 0.1) is 5.92 Å². The molecule has 1 amide bonds. The maximum atomic E-state index is 13.0. The molecule has 0 saturated carbocycles. The van der Waals surface area contributed by atoms with Crippen molar-refractivity contribution in [3.05, 3.63) is 82.6 Å². The first kappa shape index (κ1) is 23.6. The van der Waals surface area contributed by atoms with Crippen molar-refractivity contribution in [2.24, 2.45) is 5.92 Å². The van der Waals surface area contributed by atoms with Gasteiger partial charge in [-0.1, -0.05) is 56.3 Å². The maximum absolute atomic E-state index is 13.0. The van der Waals surface area contributed by atoms with Gasteiger partial charge in [0.1, 0.15) is 0 Å². The molecular formula is C25H26F3NO3. The van der Waals surface area contributed by atoms with Crippen LogP contribution in [0.2, 0.25) is 0 Å². The van der Waals surface area contributed by atoms with E-state index in [4.69, 9.17) is 4.74 Å². The topological polar surface area (TPSA) is 46.6 Å². The fourth-order valence-electron chi connectivity index (χ4n) is 3.74. The molecule has 1 heterocycles. The van der Waals surface area contributed by atoms with E-state index in [1.54, 1.807) is 11.8 Å². The summed E-state index contributed by atoms with van der Waals surface area (Å²) in [5, 5.41) is 0. The van der Waals surface area contributed by atoms with Gasteiger partial charge in [-0.05, 0) is 36.1 Å². The van der Waals surface area contributed by atoms with Crippen LogP contribution in [0.3, 0.4) is 0 Å². The first-order chi connectivity index (χ1) is 15.1. The van der Waals surface area contributed by atoms with Gasteiger partial charge < -0.3 is 9.64 Å². The Kier molecular flexibility index (Phi) is 7.06. The lowest BCUT2D eigenvalue weighted by Crippen LogP contribution is -2.38. The zero-order valence-electron chi connectivity index (χ0n) is 18.3. The Labute approximate surface area is 185 Å². The van der Waals surface area contributed by atoms with Gasteiger partial charge in [-0.3, -0.25) is 4.79 Å². The normalized spacial score (nSPS) is 17.2. The summed E-state index contributed by atoms with van der Waals surface area (Å²) >= 11 is 0. The number of nitrogens with zero attached hydrogens (tertiary/aromatic N) is 1. The van der Waals surface area contributed by atoms with Crippen LogP contribution in [-0.4, -0.2) is 23.4 Å². The van der Waals surface area contributed by atoms with Gasteiger partial charge in [0.2, 0.25) is 5.91 Å². The highest BCUT2D eigenvalue weighted by molar-refractivity contribution is 5.95. The zero-order valence-corrected chi connectivity index (χ0v) is 18.3. The molecule has 1 aliphatic rings. The van der Waals surface area contributed by atoms with E-state index in [0.717, 1.165) is 17.7 Å². The number of carbonyl (C=O) groups excluding carboxylic acids is 2. The second-order valence-corrected chi connectivity index (χ2v) is 8.33. The number of rotatable bonds is 6. The summed E-state index contributed by atoms with van der Waals surface area (Å²) in [7, 11) is 0. The molecule has 1 aliphatic heterocycles. The van der Waals surface area contributed by atoms with Crippen molar-refractivity contribution >= 4 is 11.9 Å². The highest BCUT2D eigenvalue weighted by Crippen LogP contribution is 2.39. The molecule has 32 heavy (non-hydrogen) atoms. The van der Waals surface area contributed by atoms with Crippen LogP contribution in [0.15, 0.2) is 65.9 Å². The summed E-state index contributed by atoms with van der Waals surface area (Å²) in [6.07, 6.45) is -4.49. The monoisotopic (exact) mass is 445 g/mol. The van der Waals surface area contributed by atoms with Gasteiger partial charge in [0.05, 0.1) is 24.3 Å². The predicted octanol–water partition coefficient (Wildman–Crippen LogP) is 5.69. The van der Waals surface area contributed by atoms with Gasteiger partial charge in [0, 0.05) is 18.0 Å². The standard InChI is InChI=1S/C25H26F3NO3/c1-16(2)15-32-24(31)23-17(3)29(14-18-7-5-4-6-8-18)22(30)13-21(23)19-9-11-20(12-10-19)25(26,27)28/h4-12,16,21H,13-15H2,1-3H3. The number of esters is 1. The van der Waals surface area contributed by atoms with Gasteiger partial charge in [-0.15, -0.1) is 0 Å². The molecule has 2 aromatic rings. The Hall–Kier alpha value is -3.09. The van der Waals surface area contributed by atoms with Crippen LogP contribution < -0.4 is 0 Å². The molecule has 1 atom stereocenters. The van der Waals surface area contributed by atoms with Crippen LogP contribution in [-0.2, 0) is 27.0 Å². The molecule has 0 saturated heterocycles. The van der Waals surface area contributed by atoms with Crippen molar-refractivity contribution in [2.75, 3.05) is 6.61 Å². The SMILES string of the molecule is CC1=C(C(=O)OCC(C)C)C(c2ccc(C(F)(F)F)cc2)CC(=O)N1Cc1ccccc1. The molecule has 170 valence electrons. The number of benzene rings is 2. The van der Waals surface area contributed by atoms with Gasteiger partial charge in [-0.2, -0.15) is 13.2 Å². The van der Waals surface area contributed by atoms with E-state index in [2.05, 4.69) is 0 Å². The number of carbonyl (C=O) groups is 2. The van der Waals surface area contributed by atoms with Crippen LogP contribution in [0.25, 0.3) is 0 Å². The first-order valence-corrected chi connectivity index (χ1v) is 10.5. The lowest BCUT2D eigenvalue weighted by molar-refractivity contribution is -0.141. The third-order valence-electron chi connectivity index (χ3n) is 5.41. The molecule has 0 N–H and O–H groups in total. The molecule has 0 spiro atoms. The summed E-state index contributed by atoms with van der Waals surface area (Å²) in [4.78, 5) is 27.6. The molecule has 3 rings (SSSR count). The van der Waals surface area contributed by atoms with Crippen molar-refractivity contribution in [1.29, 1.82) is 0 Å². The highest BCUT2D eigenvalue weighted by Gasteiger charge is 2.37. The molecular weight excluding hydrogens is 419 g/mol. The molecule has 0 radical (unpaired) electrons. The van der Waals surface area contributed by atoms with Gasteiger partial charge >= 0.3 is 12.1 Å². The molecule has 1 unspecified atom stereocenters. The summed E-state index contributed by atoms with van der Waals surface area (Å²) < 4.78 is 44.4. The summed E-state index contributed by atoms with van der Waals surface area (Å²) in [6.45, 7) is 6.01. The molecule has 0 bridgehead atoms. The minimum Gasteiger partial charge on any atom is -0.462 e. The van der Waals surface area contributed by atoms with Gasteiger partial charge in [0.15, 0.2) is 0 Å². The van der Waals surface area contributed by atoms with E-state index in [9.17, 15) is 22.8 Å². The fraction of sp³-hybridized carbons (Fsp3) is 0.360. The van der Waals surface area contributed by atoms with E-state index < -0.39 is 23.6 Å². The maximum Gasteiger partial charge on any atom is 0.416 e. The average Bonchev–Trinajstić information content (AvgIpc) is 2.75. The summed E-state index contributed by atoms with van der Waals surface area (Å²) in [5.41, 5.74) is 1.37. The van der Waals surface area contributed by atoms with Gasteiger partial charge in [0.25, 0.3) is 0 Å². The van der Waals surface area contributed by atoms with Crippen molar-refractivity contribution in [3.8, 4) is 0 Å².